The van der Waals surface area contributed by atoms with Gasteiger partial charge in [-0.1, -0.05) is 63.9 Å². The van der Waals surface area contributed by atoms with Crippen LogP contribution in [0.5, 0.6) is 5.75 Å². The molecule has 0 aliphatic carbocycles. The molecule has 0 saturated heterocycles. The van der Waals surface area contributed by atoms with Crippen LogP contribution in [0.25, 0.3) is 6.08 Å². The lowest BCUT2D eigenvalue weighted by Crippen LogP contribution is -2.13. The van der Waals surface area contributed by atoms with Crippen LogP contribution >= 0.6 is 27.5 Å². The molecule has 150 valence electrons. The third-order valence-corrected chi connectivity index (χ3v) is 5.52. The standard InChI is InChI=1S/C24H18BrClN2O2/c1-16-6-9-20(13-23(16)26)28-24(29)19(14-27)12-17-7-10-21(11-8-17)30-15-18-4-2-3-5-22(18)25/h2-13H,15H2,1H3,(H,28,29)/b19-12+. The molecule has 0 aliphatic rings. The Morgan fingerprint density at radius 2 is 1.90 bits per heavy atom. The van der Waals surface area contributed by atoms with Gasteiger partial charge in [-0.05, 0) is 54.5 Å². The monoisotopic (exact) mass is 480 g/mol. The number of aryl methyl sites for hydroxylation is 1. The molecule has 0 fully saturated rings. The van der Waals surface area contributed by atoms with Crippen LogP contribution in [-0.2, 0) is 11.4 Å². The fourth-order valence-electron chi connectivity index (χ4n) is 2.62. The molecular formula is C24H18BrClN2O2. The minimum Gasteiger partial charge on any atom is -0.489 e. The number of rotatable bonds is 6. The molecule has 4 nitrogen and oxygen atoms in total. The van der Waals surface area contributed by atoms with Crippen LogP contribution in [0, 0.1) is 18.3 Å². The summed E-state index contributed by atoms with van der Waals surface area (Å²) >= 11 is 9.58. The number of benzene rings is 3. The molecule has 3 aromatic rings. The van der Waals surface area contributed by atoms with E-state index < -0.39 is 5.91 Å². The zero-order valence-electron chi connectivity index (χ0n) is 16.2. The van der Waals surface area contributed by atoms with Gasteiger partial charge in [0.2, 0.25) is 0 Å². The summed E-state index contributed by atoms with van der Waals surface area (Å²) in [4.78, 5) is 12.4. The predicted octanol–water partition coefficient (Wildman–Crippen LogP) is 6.54. The molecule has 0 aliphatic heterocycles. The minimum absolute atomic E-state index is 0.00594. The van der Waals surface area contributed by atoms with Gasteiger partial charge in [0.05, 0.1) is 0 Å². The van der Waals surface area contributed by atoms with Gasteiger partial charge >= 0.3 is 0 Å². The molecule has 0 radical (unpaired) electrons. The second-order valence-corrected chi connectivity index (χ2v) is 7.80. The number of nitrogens with one attached hydrogen (secondary N) is 1. The molecule has 0 bridgehead atoms. The number of carbonyl (C=O) groups excluding carboxylic acids is 1. The van der Waals surface area contributed by atoms with Gasteiger partial charge in [0.25, 0.3) is 5.91 Å². The van der Waals surface area contributed by atoms with Crippen molar-refractivity contribution in [1.82, 2.24) is 0 Å². The van der Waals surface area contributed by atoms with Crippen molar-refractivity contribution in [2.24, 2.45) is 0 Å². The molecule has 6 heteroatoms. The highest BCUT2D eigenvalue weighted by atomic mass is 79.9. The van der Waals surface area contributed by atoms with E-state index in [4.69, 9.17) is 16.3 Å². The first-order chi connectivity index (χ1) is 14.5. The summed E-state index contributed by atoms with van der Waals surface area (Å²) in [6, 6.07) is 22.2. The summed E-state index contributed by atoms with van der Waals surface area (Å²) in [5.41, 5.74) is 3.20. The van der Waals surface area contributed by atoms with Crippen molar-refractivity contribution in [2.75, 3.05) is 5.32 Å². The van der Waals surface area contributed by atoms with Crippen molar-refractivity contribution in [3.63, 3.8) is 0 Å². The molecule has 0 heterocycles. The lowest BCUT2D eigenvalue weighted by atomic mass is 10.1. The lowest BCUT2D eigenvalue weighted by molar-refractivity contribution is -0.112. The predicted molar refractivity (Wildman–Crippen MR) is 123 cm³/mol. The average molecular weight is 482 g/mol. The summed E-state index contributed by atoms with van der Waals surface area (Å²) in [5.74, 6) is 0.201. The van der Waals surface area contributed by atoms with Gasteiger partial charge < -0.3 is 10.1 Å². The number of halogens is 2. The Hall–Kier alpha value is -3.07. The first-order valence-corrected chi connectivity index (χ1v) is 10.3. The second kappa shape index (κ2) is 10.1. The van der Waals surface area contributed by atoms with Crippen molar-refractivity contribution < 1.29 is 9.53 Å². The number of hydrogen-bond donors (Lipinski definition) is 1. The zero-order valence-corrected chi connectivity index (χ0v) is 18.5. The first kappa shape index (κ1) is 21.6. The third kappa shape index (κ3) is 5.73. The molecule has 0 aromatic heterocycles. The van der Waals surface area contributed by atoms with E-state index in [1.165, 1.54) is 6.08 Å². The molecule has 3 rings (SSSR count). The van der Waals surface area contributed by atoms with Crippen molar-refractivity contribution in [1.29, 1.82) is 5.26 Å². The maximum atomic E-state index is 12.4. The van der Waals surface area contributed by atoms with E-state index in [0.717, 1.165) is 21.2 Å². The minimum atomic E-state index is -0.494. The van der Waals surface area contributed by atoms with Crippen LogP contribution in [0.4, 0.5) is 5.69 Å². The van der Waals surface area contributed by atoms with Crippen LogP contribution in [0.2, 0.25) is 5.02 Å². The van der Waals surface area contributed by atoms with Crippen LogP contribution in [0.1, 0.15) is 16.7 Å². The van der Waals surface area contributed by atoms with E-state index in [1.807, 2.05) is 37.3 Å². The van der Waals surface area contributed by atoms with Crippen molar-refractivity contribution in [2.45, 2.75) is 13.5 Å². The fourth-order valence-corrected chi connectivity index (χ4v) is 3.20. The van der Waals surface area contributed by atoms with Gasteiger partial charge in [-0.25, -0.2) is 0 Å². The number of hydrogen-bond acceptors (Lipinski definition) is 3. The second-order valence-electron chi connectivity index (χ2n) is 6.54. The highest BCUT2D eigenvalue weighted by Gasteiger charge is 2.10. The molecule has 0 spiro atoms. The smallest absolute Gasteiger partial charge is 0.266 e. The number of nitrogens with zero attached hydrogens (tertiary/aromatic N) is 1. The summed E-state index contributed by atoms with van der Waals surface area (Å²) in [6.07, 6.45) is 1.53. The van der Waals surface area contributed by atoms with Crippen LogP contribution in [-0.4, -0.2) is 5.91 Å². The van der Waals surface area contributed by atoms with Gasteiger partial charge in [0, 0.05) is 20.7 Å². The Balaban J connectivity index is 1.66. The molecule has 1 amide bonds. The maximum absolute atomic E-state index is 12.4. The SMILES string of the molecule is Cc1ccc(NC(=O)/C(C#N)=C/c2ccc(OCc3ccccc3Br)cc2)cc1Cl. The number of anilines is 1. The molecule has 0 atom stereocenters. The Morgan fingerprint density at radius 1 is 1.17 bits per heavy atom. The van der Waals surface area contributed by atoms with E-state index >= 15 is 0 Å². The van der Waals surface area contributed by atoms with E-state index in [-0.39, 0.29) is 5.57 Å². The summed E-state index contributed by atoms with van der Waals surface area (Å²) < 4.78 is 6.79. The van der Waals surface area contributed by atoms with Crippen molar-refractivity contribution >= 4 is 45.2 Å². The lowest BCUT2D eigenvalue weighted by Gasteiger charge is -2.08. The van der Waals surface area contributed by atoms with E-state index in [1.54, 1.807) is 42.5 Å². The van der Waals surface area contributed by atoms with E-state index in [9.17, 15) is 10.1 Å². The largest absolute Gasteiger partial charge is 0.489 e. The third-order valence-electron chi connectivity index (χ3n) is 4.34. The van der Waals surface area contributed by atoms with E-state index in [0.29, 0.717) is 23.1 Å². The molecule has 1 N–H and O–H groups in total. The Labute approximate surface area is 188 Å². The van der Waals surface area contributed by atoms with Crippen LogP contribution in [0.3, 0.4) is 0 Å². The van der Waals surface area contributed by atoms with Gasteiger partial charge in [-0.2, -0.15) is 5.26 Å². The quantitative estimate of drug-likeness (QED) is 0.321. The Bertz CT molecular complexity index is 1130. The van der Waals surface area contributed by atoms with Crippen molar-refractivity contribution in [3.05, 3.63) is 98.5 Å². The number of ether oxygens (including phenoxy) is 1. The Kier molecular flexibility index (Phi) is 7.29. The molecule has 3 aromatic carbocycles. The van der Waals surface area contributed by atoms with Gasteiger partial charge in [-0.3, -0.25) is 4.79 Å². The maximum Gasteiger partial charge on any atom is 0.266 e. The van der Waals surface area contributed by atoms with Gasteiger partial charge in [-0.15, -0.1) is 0 Å². The van der Waals surface area contributed by atoms with E-state index in [2.05, 4.69) is 21.2 Å². The normalized spacial score (nSPS) is 10.9. The highest BCUT2D eigenvalue weighted by molar-refractivity contribution is 9.10. The molecule has 0 saturated carbocycles. The van der Waals surface area contributed by atoms with Crippen LogP contribution < -0.4 is 10.1 Å². The molecular weight excluding hydrogens is 464 g/mol. The number of nitriles is 1. The number of amides is 1. The van der Waals surface area contributed by atoms with Gasteiger partial charge in [0.1, 0.15) is 24.0 Å². The topological polar surface area (TPSA) is 62.1 Å². The highest BCUT2D eigenvalue weighted by Crippen LogP contribution is 2.22. The fraction of sp³-hybridized carbons (Fsp3) is 0.0833. The van der Waals surface area contributed by atoms with Gasteiger partial charge in [0.15, 0.2) is 0 Å². The number of carbonyl (C=O) groups is 1. The van der Waals surface area contributed by atoms with Crippen LogP contribution in [0.15, 0.2) is 76.8 Å². The average Bonchev–Trinajstić information content (AvgIpc) is 2.75. The van der Waals surface area contributed by atoms with Crippen molar-refractivity contribution in [3.8, 4) is 11.8 Å². The Morgan fingerprint density at radius 3 is 2.57 bits per heavy atom. The summed E-state index contributed by atoms with van der Waals surface area (Å²) in [6.45, 7) is 2.31. The zero-order chi connectivity index (χ0) is 21.5. The molecule has 0 unspecified atom stereocenters. The summed E-state index contributed by atoms with van der Waals surface area (Å²) in [5, 5.41) is 12.6. The molecule has 30 heavy (non-hydrogen) atoms. The summed E-state index contributed by atoms with van der Waals surface area (Å²) in [7, 11) is 0. The first-order valence-electron chi connectivity index (χ1n) is 9.12.